The fourth-order valence-electron chi connectivity index (χ4n) is 2.66. The number of nitrogens with one attached hydrogen (secondary N) is 2. The van der Waals surface area contributed by atoms with Crippen LogP contribution in [0.2, 0.25) is 0 Å². The van der Waals surface area contributed by atoms with Gasteiger partial charge in [0.1, 0.15) is 0 Å². The highest BCUT2D eigenvalue weighted by Gasteiger charge is 2.19. The van der Waals surface area contributed by atoms with Gasteiger partial charge in [-0.25, -0.2) is 0 Å². The van der Waals surface area contributed by atoms with Crippen LogP contribution in [0.25, 0.3) is 0 Å². The zero-order valence-electron chi connectivity index (χ0n) is 12.9. The molecule has 1 fully saturated rings. The van der Waals surface area contributed by atoms with Crippen LogP contribution in [0, 0.1) is 11.8 Å². The summed E-state index contributed by atoms with van der Waals surface area (Å²) in [4.78, 5) is 4.70. The zero-order valence-corrected chi connectivity index (χ0v) is 12.9. The topological polar surface area (TPSA) is 45.7 Å². The number of ether oxygens (including phenoxy) is 1. The van der Waals surface area contributed by atoms with Crippen LogP contribution < -0.4 is 10.6 Å². The predicted molar refractivity (Wildman–Crippen MR) is 81.6 cm³/mol. The highest BCUT2D eigenvalue weighted by atomic mass is 16.5. The molecule has 0 aromatic rings. The van der Waals surface area contributed by atoms with Gasteiger partial charge in [0.05, 0.1) is 6.61 Å². The van der Waals surface area contributed by atoms with Gasteiger partial charge in [-0.1, -0.05) is 26.2 Å². The molecular formula is C15H31N3O. The molecule has 0 atom stereocenters. The monoisotopic (exact) mass is 269 g/mol. The van der Waals surface area contributed by atoms with E-state index in [1.807, 2.05) is 0 Å². The first-order valence-electron chi connectivity index (χ1n) is 7.81. The third-order valence-corrected chi connectivity index (χ3v) is 3.99. The van der Waals surface area contributed by atoms with Crippen molar-refractivity contribution < 1.29 is 4.74 Å². The third kappa shape index (κ3) is 6.81. The quantitative estimate of drug-likeness (QED) is 0.424. The lowest BCUT2D eigenvalue weighted by Crippen LogP contribution is -2.39. The van der Waals surface area contributed by atoms with Crippen LogP contribution in [0.4, 0.5) is 0 Å². The summed E-state index contributed by atoms with van der Waals surface area (Å²) in [6.45, 7) is 7.79. The molecule has 0 saturated heterocycles. The van der Waals surface area contributed by atoms with Crippen LogP contribution in [0.5, 0.6) is 0 Å². The second-order valence-corrected chi connectivity index (χ2v) is 5.43. The van der Waals surface area contributed by atoms with Crippen LogP contribution in [-0.4, -0.2) is 39.3 Å². The summed E-state index contributed by atoms with van der Waals surface area (Å²) in [6.07, 6.45) is 6.82. The number of aliphatic imine (C=N–C) groups is 1. The Morgan fingerprint density at radius 3 is 2.37 bits per heavy atom. The SMILES string of the molecule is CCNC(=NCC1CCC(CC)CC1)NCCOC. The van der Waals surface area contributed by atoms with E-state index < -0.39 is 0 Å². The minimum Gasteiger partial charge on any atom is -0.383 e. The molecule has 4 nitrogen and oxygen atoms in total. The average Bonchev–Trinajstić information content (AvgIpc) is 2.45. The molecule has 112 valence electrons. The summed E-state index contributed by atoms with van der Waals surface area (Å²) >= 11 is 0. The first-order valence-corrected chi connectivity index (χ1v) is 7.81. The van der Waals surface area contributed by atoms with E-state index in [0.717, 1.165) is 37.4 Å². The van der Waals surface area contributed by atoms with E-state index >= 15 is 0 Å². The molecule has 4 heteroatoms. The number of hydrogen-bond donors (Lipinski definition) is 2. The molecule has 0 heterocycles. The number of rotatable bonds is 7. The fourth-order valence-corrected chi connectivity index (χ4v) is 2.66. The Morgan fingerprint density at radius 1 is 1.11 bits per heavy atom. The molecule has 0 radical (unpaired) electrons. The minimum absolute atomic E-state index is 0.714. The average molecular weight is 269 g/mol. The van der Waals surface area contributed by atoms with Crippen molar-refractivity contribution >= 4 is 5.96 Å². The van der Waals surface area contributed by atoms with Gasteiger partial charge in [0.25, 0.3) is 0 Å². The number of hydrogen-bond acceptors (Lipinski definition) is 2. The van der Waals surface area contributed by atoms with E-state index in [9.17, 15) is 0 Å². The molecule has 1 rings (SSSR count). The van der Waals surface area contributed by atoms with Gasteiger partial charge in [-0.05, 0) is 31.6 Å². The van der Waals surface area contributed by atoms with Gasteiger partial charge in [-0.15, -0.1) is 0 Å². The summed E-state index contributed by atoms with van der Waals surface area (Å²) in [5.41, 5.74) is 0. The summed E-state index contributed by atoms with van der Waals surface area (Å²) < 4.78 is 5.04. The molecule has 19 heavy (non-hydrogen) atoms. The van der Waals surface area contributed by atoms with E-state index in [-0.39, 0.29) is 0 Å². The number of methoxy groups -OCH3 is 1. The first-order chi connectivity index (χ1) is 9.30. The van der Waals surface area contributed by atoms with Crippen molar-refractivity contribution in [2.75, 3.05) is 33.4 Å². The van der Waals surface area contributed by atoms with Crippen molar-refractivity contribution in [3.05, 3.63) is 0 Å². The van der Waals surface area contributed by atoms with Crippen LogP contribution in [-0.2, 0) is 4.74 Å². The van der Waals surface area contributed by atoms with Crippen LogP contribution in [0.1, 0.15) is 46.0 Å². The van der Waals surface area contributed by atoms with Crippen molar-refractivity contribution in [1.82, 2.24) is 10.6 Å². The molecular weight excluding hydrogens is 238 g/mol. The normalized spacial score (nSPS) is 24.3. The smallest absolute Gasteiger partial charge is 0.191 e. The molecule has 2 N–H and O–H groups in total. The number of nitrogens with zero attached hydrogens (tertiary/aromatic N) is 1. The summed E-state index contributed by atoms with van der Waals surface area (Å²) in [5.74, 6) is 2.67. The molecule has 0 aromatic carbocycles. The Labute approximate surface area is 118 Å². The molecule has 0 aromatic heterocycles. The fraction of sp³-hybridized carbons (Fsp3) is 0.933. The van der Waals surface area contributed by atoms with Gasteiger partial charge >= 0.3 is 0 Å². The van der Waals surface area contributed by atoms with Crippen molar-refractivity contribution in [1.29, 1.82) is 0 Å². The molecule has 0 unspecified atom stereocenters. The Hall–Kier alpha value is -0.770. The molecule has 1 saturated carbocycles. The van der Waals surface area contributed by atoms with Crippen molar-refractivity contribution in [3.63, 3.8) is 0 Å². The van der Waals surface area contributed by atoms with E-state index in [0.29, 0.717) is 6.61 Å². The summed E-state index contributed by atoms with van der Waals surface area (Å²) in [7, 11) is 1.72. The Balaban J connectivity index is 2.29. The van der Waals surface area contributed by atoms with E-state index in [1.54, 1.807) is 7.11 Å². The lowest BCUT2D eigenvalue weighted by Gasteiger charge is -2.26. The van der Waals surface area contributed by atoms with Gasteiger partial charge in [0.15, 0.2) is 5.96 Å². The Kier molecular flexibility index (Phi) is 8.63. The largest absolute Gasteiger partial charge is 0.383 e. The molecule has 0 amide bonds. The zero-order chi connectivity index (χ0) is 13.9. The van der Waals surface area contributed by atoms with E-state index in [4.69, 9.17) is 9.73 Å². The van der Waals surface area contributed by atoms with Crippen LogP contribution >= 0.6 is 0 Å². The van der Waals surface area contributed by atoms with E-state index in [2.05, 4.69) is 24.5 Å². The minimum atomic E-state index is 0.714. The summed E-state index contributed by atoms with van der Waals surface area (Å²) in [5, 5.41) is 6.58. The maximum absolute atomic E-state index is 5.04. The predicted octanol–water partition coefficient (Wildman–Crippen LogP) is 2.40. The molecule has 0 spiro atoms. The van der Waals surface area contributed by atoms with E-state index in [1.165, 1.54) is 32.1 Å². The summed E-state index contributed by atoms with van der Waals surface area (Å²) in [6, 6.07) is 0. The third-order valence-electron chi connectivity index (χ3n) is 3.99. The second kappa shape index (κ2) is 10.1. The molecule has 1 aliphatic carbocycles. The Morgan fingerprint density at radius 2 is 1.79 bits per heavy atom. The van der Waals surface area contributed by atoms with Gasteiger partial charge in [-0.3, -0.25) is 4.99 Å². The van der Waals surface area contributed by atoms with Crippen LogP contribution in [0.3, 0.4) is 0 Å². The Bertz CT molecular complexity index is 248. The maximum atomic E-state index is 5.04. The van der Waals surface area contributed by atoms with Crippen molar-refractivity contribution in [2.24, 2.45) is 16.8 Å². The second-order valence-electron chi connectivity index (χ2n) is 5.43. The molecule has 0 aliphatic heterocycles. The van der Waals surface area contributed by atoms with Gasteiger partial charge < -0.3 is 15.4 Å². The molecule has 0 bridgehead atoms. The lowest BCUT2D eigenvalue weighted by atomic mass is 9.81. The first kappa shape index (κ1) is 16.3. The lowest BCUT2D eigenvalue weighted by molar-refractivity contribution is 0.203. The highest BCUT2D eigenvalue weighted by Crippen LogP contribution is 2.30. The highest BCUT2D eigenvalue weighted by molar-refractivity contribution is 5.79. The van der Waals surface area contributed by atoms with Gasteiger partial charge in [0, 0.05) is 26.7 Å². The standard InChI is InChI=1S/C15H31N3O/c1-4-13-6-8-14(9-7-13)12-18-15(16-5-2)17-10-11-19-3/h13-14H,4-12H2,1-3H3,(H2,16,17,18). The van der Waals surface area contributed by atoms with Gasteiger partial charge in [-0.2, -0.15) is 0 Å². The van der Waals surface area contributed by atoms with Crippen molar-refractivity contribution in [3.8, 4) is 0 Å². The van der Waals surface area contributed by atoms with Crippen LogP contribution in [0.15, 0.2) is 4.99 Å². The van der Waals surface area contributed by atoms with Gasteiger partial charge in [0.2, 0.25) is 0 Å². The maximum Gasteiger partial charge on any atom is 0.191 e. The number of guanidine groups is 1. The van der Waals surface area contributed by atoms with Crippen molar-refractivity contribution in [2.45, 2.75) is 46.0 Å². The molecule has 1 aliphatic rings.